The van der Waals surface area contributed by atoms with Crippen LogP contribution in [-0.2, 0) is 11.2 Å². The molecule has 2 amide bonds. The fraction of sp³-hybridized carbons (Fsp3) is 0.320. The monoisotopic (exact) mass is 433 g/mol. The number of carbonyl (C=O) groups is 2. The molecule has 1 aliphatic heterocycles. The lowest BCUT2D eigenvalue weighted by molar-refractivity contribution is -0.133. The molecule has 160 valence electrons. The van der Waals surface area contributed by atoms with Crippen LogP contribution in [0.4, 0.5) is 0 Å². The number of likely N-dealkylation sites (tertiary alicyclic amines) is 1. The molecule has 0 spiro atoms. The molecular weight excluding hydrogens is 406 g/mol. The van der Waals surface area contributed by atoms with Crippen LogP contribution >= 0.6 is 11.3 Å². The van der Waals surface area contributed by atoms with Gasteiger partial charge in [0, 0.05) is 30.7 Å². The molecule has 6 heteroatoms. The largest absolute Gasteiger partial charge is 0.356 e. The van der Waals surface area contributed by atoms with Crippen LogP contribution in [0.15, 0.2) is 66.2 Å². The summed E-state index contributed by atoms with van der Waals surface area (Å²) in [7, 11) is 0. The van der Waals surface area contributed by atoms with Crippen LogP contribution in [0.3, 0.4) is 0 Å². The molecule has 1 atom stereocenters. The van der Waals surface area contributed by atoms with Gasteiger partial charge in [-0.1, -0.05) is 36.4 Å². The van der Waals surface area contributed by atoms with Crippen molar-refractivity contribution in [1.29, 1.82) is 0 Å². The van der Waals surface area contributed by atoms with Gasteiger partial charge >= 0.3 is 0 Å². The predicted octanol–water partition coefficient (Wildman–Crippen LogP) is 4.41. The van der Waals surface area contributed by atoms with E-state index in [-0.39, 0.29) is 11.8 Å². The molecule has 0 aliphatic carbocycles. The molecule has 4 rings (SSSR count). The van der Waals surface area contributed by atoms with Crippen molar-refractivity contribution < 1.29 is 9.59 Å². The van der Waals surface area contributed by atoms with E-state index in [1.165, 1.54) is 4.88 Å². The first-order valence-electron chi connectivity index (χ1n) is 10.7. The summed E-state index contributed by atoms with van der Waals surface area (Å²) >= 11 is 1.70. The predicted molar refractivity (Wildman–Crippen MR) is 124 cm³/mol. The minimum atomic E-state index is -0.661. The number of carbonyl (C=O) groups excluding carboxylic acids is 2. The molecular formula is C25H27N3O2S. The Labute approximate surface area is 187 Å². The number of amides is 2. The van der Waals surface area contributed by atoms with Gasteiger partial charge in [-0.3, -0.25) is 14.6 Å². The summed E-state index contributed by atoms with van der Waals surface area (Å²) in [4.78, 5) is 33.7. The Kier molecular flexibility index (Phi) is 6.47. The highest BCUT2D eigenvalue weighted by Crippen LogP contribution is 2.38. The van der Waals surface area contributed by atoms with Crippen molar-refractivity contribution >= 4 is 23.2 Å². The van der Waals surface area contributed by atoms with Crippen LogP contribution < -0.4 is 5.32 Å². The van der Waals surface area contributed by atoms with Gasteiger partial charge < -0.3 is 10.2 Å². The van der Waals surface area contributed by atoms with Crippen LogP contribution in [0.25, 0.3) is 10.4 Å². The number of benzene rings is 1. The van der Waals surface area contributed by atoms with Gasteiger partial charge in [0.25, 0.3) is 5.91 Å². The average molecular weight is 434 g/mol. The second-order valence-corrected chi connectivity index (χ2v) is 8.94. The van der Waals surface area contributed by atoms with Gasteiger partial charge in [0.1, 0.15) is 5.69 Å². The first-order chi connectivity index (χ1) is 15.1. The van der Waals surface area contributed by atoms with E-state index < -0.39 is 5.41 Å². The highest BCUT2D eigenvalue weighted by molar-refractivity contribution is 7.13. The average Bonchev–Trinajstić information content (AvgIpc) is 3.35. The number of nitrogens with one attached hydrogen (secondary N) is 1. The maximum absolute atomic E-state index is 13.4. The molecule has 3 aromatic rings. The summed E-state index contributed by atoms with van der Waals surface area (Å²) in [6.45, 7) is 3.54. The number of rotatable bonds is 6. The van der Waals surface area contributed by atoms with Gasteiger partial charge in [0.2, 0.25) is 5.91 Å². The minimum Gasteiger partial charge on any atom is -0.356 e. The fourth-order valence-electron chi connectivity index (χ4n) is 4.43. The maximum Gasteiger partial charge on any atom is 0.272 e. The quantitative estimate of drug-likeness (QED) is 0.626. The Hall–Kier alpha value is -2.99. The summed E-state index contributed by atoms with van der Waals surface area (Å²) in [6, 6.07) is 17.8. The van der Waals surface area contributed by atoms with E-state index >= 15 is 0 Å². The van der Waals surface area contributed by atoms with Crippen molar-refractivity contribution in [1.82, 2.24) is 15.2 Å². The van der Waals surface area contributed by atoms with E-state index in [0.717, 1.165) is 24.0 Å². The highest BCUT2D eigenvalue weighted by atomic mass is 32.1. The van der Waals surface area contributed by atoms with E-state index in [1.54, 1.807) is 34.6 Å². The number of thiophene rings is 1. The van der Waals surface area contributed by atoms with Crippen molar-refractivity contribution in [2.45, 2.75) is 26.2 Å². The summed E-state index contributed by atoms with van der Waals surface area (Å²) in [5.41, 5.74) is 2.07. The molecule has 1 unspecified atom stereocenters. The van der Waals surface area contributed by atoms with Gasteiger partial charge in [0.05, 0.1) is 5.41 Å². The molecule has 0 saturated carbocycles. The van der Waals surface area contributed by atoms with Crippen LogP contribution in [0.5, 0.6) is 0 Å². The second-order valence-electron chi connectivity index (χ2n) is 8.00. The smallest absolute Gasteiger partial charge is 0.272 e. The molecule has 1 fully saturated rings. The maximum atomic E-state index is 13.4. The standard InChI is InChI=1S/C25H27N3O2S/c1-2-26-24(30)25(17-19-9-3-4-10-20(19)22-12-7-16-31-22)13-8-15-28(18-25)23(29)21-11-5-6-14-27-21/h3-7,9-12,14,16H,2,8,13,15,17-18H2,1H3,(H,26,30). The van der Waals surface area contributed by atoms with Crippen LogP contribution in [0, 0.1) is 5.41 Å². The summed E-state index contributed by atoms with van der Waals surface area (Å²) < 4.78 is 0. The van der Waals surface area contributed by atoms with Gasteiger partial charge in [-0.2, -0.15) is 0 Å². The third kappa shape index (κ3) is 4.54. The molecule has 5 nitrogen and oxygen atoms in total. The number of aromatic nitrogens is 1. The molecule has 1 N–H and O–H groups in total. The summed E-state index contributed by atoms with van der Waals surface area (Å²) in [6.07, 6.45) is 3.77. The van der Waals surface area contributed by atoms with E-state index in [0.29, 0.717) is 31.7 Å². The van der Waals surface area contributed by atoms with Crippen LogP contribution in [0.2, 0.25) is 0 Å². The van der Waals surface area contributed by atoms with E-state index in [2.05, 4.69) is 33.9 Å². The molecule has 1 aromatic carbocycles. The first-order valence-corrected chi connectivity index (χ1v) is 11.6. The molecule has 1 saturated heterocycles. The third-order valence-corrected chi connectivity index (χ3v) is 6.80. The lowest BCUT2D eigenvalue weighted by atomic mass is 9.73. The lowest BCUT2D eigenvalue weighted by Crippen LogP contribution is -2.54. The van der Waals surface area contributed by atoms with Crippen molar-refractivity contribution in [2.75, 3.05) is 19.6 Å². The summed E-state index contributed by atoms with van der Waals surface area (Å²) in [5.74, 6) is -0.0879. The topological polar surface area (TPSA) is 62.3 Å². The third-order valence-electron chi connectivity index (χ3n) is 5.90. The Morgan fingerprint density at radius 3 is 2.71 bits per heavy atom. The van der Waals surface area contributed by atoms with Crippen molar-refractivity contribution in [3.05, 3.63) is 77.4 Å². The second kappa shape index (κ2) is 9.43. The van der Waals surface area contributed by atoms with Crippen molar-refractivity contribution in [3.8, 4) is 10.4 Å². The van der Waals surface area contributed by atoms with Crippen LogP contribution in [0.1, 0.15) is 35.8 Å². The zero-order valence-electron chi connectivity index (χ0n) is 17.7. The lowest BCUT2D eigenvalue weighted by Gasteiger charge is -2.42. The summed E-state index contributed by atoms with van der Waals surface area (Å²) in [5, 5.41) is 5.11. The number of hydrogen-bond donors (Lipinski definition) is 1. The van der Waals surface area contributed by atoms with Crippen molar-refractivity contribution in [2.24, 2.45) is 5.41 Å². The molecule has 0 radical (unpaired) electrons. The molecule has 2 aromatic heterocycles. The molecule has 1 aliphatic rings. The molecule has 3 heterocycles. The van der Waals surface area contributed by atoms with Gasteiger partial charge in [-0.25, -0.2) is 0 Å². The first kappa shape index (κ1) is 21.2. The number of hydrogen-bond acceptors (Lipinski definition) is 4. The van der Waals surface area contributed by atoms with E-state index in [1.807, 2.05) is 31.2 Å². The Balaban J connectivity index is 1.67. The zero-order valence-corrected chi connectivity index (χ0v) is 18.5. The minimum absolute atomic E-state index is 0.0227. The van der Waals surface area contributed by atoms with Crippen molar-refractivity contribution in [3.63, 3.8) is 0 Å². The highest BCUT2D eigenvalue weighted by Gasteiger charge is 2.44. The normalized spacial score (nSPS) is 18.5. The Morgan fingerprint density at radius 1 is 1.13 bits per heavy atom. The van der Waals surface area contributed by atoms with E-state index in [9.17, 15) is 9.59 Å². The van der Waals surface area contributed by atoms with E-state index in [4.69, 9.17) is 0 Å². The molecule has 31 heavy (non-hydrogen) atoms. The zero-order chi connectivity index (χ0) is 21.7. The van der Waals surface area contributed by atoms with Gasteiger partial charge in [-0.05, 0) is 60.9 Å². The number of piperidine rings is 1. The van der Waals surface area contributed by atoms with Crippen LogP contribution in [-0.4, -0.2) is 41.3 Å². The molecule has 0 bridgehead atoms. The van der Waals surface area contributed by atoms with Gasteiger partial charge in [0.15, 0.2) is 0 Å². The number of nitrogens with zero attached hydrogens (tertiary/aromatic N) is 2. The fourth-order valence-corrected chi connectivity index (χ4v) is 5.21. The number of pyridine rings is 1. The Bertz CT molecular complexity index is 1040. The Morgan fingerprint density at radius 2 is 1.97 bits per heavy atom. The SMILES string of the molecule is CCNC(=O)C1(Cc2ccccc2-c2cccs2)CCCN(C(=O)c2ccccn2)C1. The van der Waals surface area contributed by atoms with Gasteiger partial charge in [-0.15, -0.1) is 11.3 Å².